The van der Waals surface area contributed by atoms with E-state index in [1.165, 1.54) is 12.1 Å². The number of benzene rings is 2. The maximum atomic E-state index is 13.5. The summed E-state index contributed by atoms with van der Waals surface area (Å²) < 4.78 is 26.8. The first-order chi connectivity index (χ1) is 9.88. The first kappa shape index (κ1) is 14.4. The van der Waals surface area contributed by atoms with Gasteiger partial charge in [-0.05, 0) is 24.3 Å². The molecule has 0 radical (unpaired) electrons. The number of nitro groups is 1. The molecule has 0 bridgehead atoms. The van der Waals surface area contributed by atoms with E-state index in [0.717, 1.165) is 24.3 Å². The van der Waals surface area contributed by atoms with E-state index in [-0.39, 0.29) is 22.6 Å². The Balaban J connectivity index is 2.28. The van der Waals surface area contributed by atoms with Crippen molar-refractivity contribution in [1.29, 1.82) is 0 Å². The molecule has 108 valence electrons. The highest BCUT2D eigenvalue weighted by atomic mass is 19.1. The van der Waals surface area contributed by atoms with Crippen molar-refractivity contribution in [2.75, 3.05) is 11.1 Å². The van der Waals surface area contributed by atoms with Gasteiger partial charge in [0.2, 0.25) is 0 Å². The number of carbonyl (C=O) groups excluding carboxylic acids is 1. The predicted octanol–water partition coefficient (Wildman–Crippen LogP) is 2.71. The molecule has 0 spiro atoms. The summed E-state index contributed by atoms with van der Waals surface area (Å²) >= 11 is 0. The van der Waals surface area contributed by atoms with Crippen LogP contribution in [0.3, 0.4) is 0 Å². The summed E-state index contributed by atoms with van der Waals surface area (Å²) in [6.07, 6.45) is 0. The molecular formula is C13H9F2N3O3. The number of amides is 1. The Kier molecular flexibility index (Phi) is 3.79. The SMILES string of the molecule is Nc1ccc(C(=O)Nc2cc([N+](=O)[O-])ccc2F)cc1F. The van der Waals surface area contributed by atoms with Crippen LogP contribution >= 0.6 is 0 Å². The van der Waals surface area contributed by atoms with Crippen LogP contribution in [0, 0.1) is 21.7 Å². The van der Waals surface area contributed by atoms with Crippen LogP contribution in [0.4, 0.5) is 25.8 Å². The molecule has 0 aliphatic heterocycles. The maximum absolute atomic E-state index is 13.5. The molecule has 0 saturated heterocycles. The van der Waals surface area contributed by atoms with Gasteiger partial charge in [0, 0.05) is 17.7 Å². The fourth-order valence-corrected chi connectivity index (χ4v) is 1.59. The minimum absolute atomic E-state index is 0.0902. The second kappa shape index (κ2) is 5.53. The monoisotopic (exact) mass is 293 g/mol. The average Bonchev–Trinajstić information content (AvgIpc) is 2.43. The molecule has 0 aromatic heterocycles. The second-order valence-corrected chi connectivity index (χ2v) is 4.11. The van der Waals surface area contributed by atoms with Crippen LogP contribution in [0.5, 0.6) is 0 Å². The van der Waals surface area contributed by atoms with E-state index in [9.17, 15) is 23.7 Å². The zero-order chi connectivity index (χ0) is 15.6. The number of carbonyl (C=O) groups is 1. The number of halogens is 2. The molecule has 6 nitrogen and oxygen atoms in total. The molecule has 2 aromatic carbocycles. The number of nitrogens with zero attached hydrogens (tertiary/aromatic N) is 1. The molecule has 21 heavy (non-hydrogen) atoms. The van der Waals surface area contributed by atoms with Gasteiger partial charge in [0.05, 0.1) is 16.3 Å². The fraction of sp³-hybridized carbons (Fsp3) is 0. The molecule has 1 amide bonds. The minimum Gasteiger partial charge on any atom is -0.396 e. The third-order valence-corrected chi connectivity index (χ3v) is 2.67. The van der Waals surface area contributed by atoms with Gasteiger partial charge in [0.15, 0.2) is 0 Å². The zero-order valence-corrected chi connectivity index (χ0v) is 10.5. The van der Waals surface area contributed by atoms with Crippen molar-refractivity contribution in [1.82, 2.24) is 0 Å². The molecule has 0 aliphatic carbocycles. The number of rotatable bonds is 3. The van der Waals surface area contributed by atoms with E-state index < -0.39 is 22.5 Å². The van der Waals surface area contributed by atoms with Crippen molar-refractivity contribution in [3.63, 3.8) is 0 Å². The molecule has 0 saturated carbocycles. The number of non-ortho nitro benzene ring substituents is 1. The zero-order valence-electron chi connectivity index (χ0n) is 10.5. The van der Waals surface area contributed by atoms with Crippen LogP contribution in [0.25, 0.3) is 0 Å². The summed E-state index contributed by atoms with van der Waals surface area (Å²) in [7, 11) is 0. The summed E-state index contributed by atoms with van der Waals surface area (Å²) in [4.78, 5) is 21.7. The van der Waals surface area contributed by atoms with E-state index in [0.29, 0.717) is 0 Å². The molecule has 0 unspecified atom stereocenters. The summed E-state index contributed by atoms with van der Waals surface area (Å²) in [5, 5.41) is 12.8. The largest absolute Gasteiger partial charge is 0.396 e. The molecule has 0 atom stereocenters. The third kappa shape index (κ3) is 3.11. The number of hydrogen-bond donors (Lipinski definition) is 2. The van der Waals surface area contributed by atoms with Crippen molar-refractivity contribution in [3.05, 3.63) is 63.7 Å². The van der Waals surface area contributed by atoms with Crippen molar-refractivity contribution in [3.8, 4) is 0 Å². The number of nitrogen functional groups attached to an aromatic ring is 1. The molecule has 0 heterocycles. The first-order valence-electron chi connectivity index (χ1n) is 5.69. The lowest BCUT2D eigenvalue weighted by atomic mass is 10.1. The number of nitro benzene ring substituents is 1. The lowest BCUT2D eigenvalue weighted by Crippen LogP contribution is -2.13. The van der Waals surface area contributed by atoms with Crippen molar-refractivity contribution >= 4 is 23.0 Å². The van der Waals surface area contributed by atoms with Gasteiger partial charge in [-0.3, -0.25) is 14.9 Å². The average molecular weight is 293 g/mol. The number of hydrogen-bond acceptors (Lipinski definition) is 4. The number of nitrogens with one attached hydrogen (secondary N) is 1. The normalized spacial score (nSPS) is 10.2. The number of anilines is 2. The summed E-state index contributed by atoms with van der Waals surface area (Å²) in [5.41, 5.74) is 4.31. The number of nitrogens with two attached hydrogens (primary N) is 1. The Morgan fingerprint density at radius 2 is 1.86 bits per heavy atom. The quantitative estimate of drug-likeness (QED) is 0.516. The topological polar surface area (TPSA) is 98.3 Å². The van der Waals surface area contributed by atoms with Gasteiger partial charge in [0.25, 0.3) is 11.6 Å². The van der Waals surface area contributed by atoms with Gasteiger partial charge in [-0.15, -0.1) is 0 Å². The van der Waals surface area contributed by atoms with Gasteiger partial charge >= 0.3 is 0 Å². The van der Waals surface area contributed by atoms with E-state index in [4.69, 9.17) is 5.73 Å². The van der Waals surface area contributed by atoms with Crippen LogP contribution in [0.2, 0.25) is 0 Å². The Morgan fingerprint density at radius 1 is 1.14 bits per heavy atom. The van der Waals surface area contributed by atoms with Gasteiger partial charge in [0.1, 0.15) is 11.6 Å². The molecule has 8 heteroatoms. The van der Waals surface area contributed by atoms with Crippen molar-refractivity contribution < 1.29 is 18.5 Å². The van der Waals surface area contributed by atoms with Gasteiger partial charge in [-0.2, -0.15) is 0 Å². The van der Waals surface area contributed by atoms with E-state index in [1.807, 2.05) is 0 Å². The summed E-state index contributed by atoms with van der Waals surface area (Å²) in [6.45, 7) is 0. The summed E-state index contributed by atoms with van der Waals surface area (Å²) in [6, 6.07) is 6.03. The lowest BCUT2D eigenvalue weighted by Gasteiger charge is -2.07. The Bertz CT molecular complexity index is 735. The van der Waals surface area contributed by atoms with Gasteiger partial charge < -0.3 is 11.1 Å². The van der Waals surface area contributed by atoms with Crippen molar-refractivity contribution in [2.45, 2.75) is 0 Å². The Hall–Kier alpha value is -3.03. The van der Waals surface area contributed by atoms with E-state index in [2.05, 4.69) is 5.32 Å². The molecule has 0 fully saturated rings. The maximum Gasteiger partial charge on any atom is 0.271 e. The molecule has 2 rings (SSSR count). The van der Waals surface area contributed by atoms with Crippen LogP contribution in [-0.2, 0) is 0 Å². The highest BCUT2D eigenvalue weighted by Gasteiger charge is 2.15. The highest BCUT2D eigenvalue weighted by Crippen LogP contribution is 2.22. The van der Waals surface area contributed by atoms with Crippen LogP contribution in [-0.4, -0.2) is 10.8 Å². The van der Waals surface area contributed by atoms with Crippen molar-refractivity contribution in [2.24, 2.45) is 0 Å². The van der Waals surface area contributed by atoms with Crippen LogP contribution in [0.15, 0.2) is 36.4 Å². The first-order valence-corrected chi connectivity index (χ1v) is 5.69. The minimum atomic E-state index is -0.843. The molecule has 0 aliphatic rings. The fourth-order valence-electron chi connectivity index (χ4n) is 1.59. The lowest BCUT2D eigenvalue weighted by molar-refractivity contribution is -0.384. The smallest absolute Gasteiger partial charge is 0.271 e. The van der Waals surface area contributed by atoms with E-state index in [1.54, 1.807) is 0 Å². The van der Waals surface area contributed by atoms with Gasteiger partial charge in [-0.25, -0.2) is 8.78 Å². The molecule has 3 N–H and O–H groups in total. The van der Waals surface area contributed by atoms with Crippen LogP contribution in [0.1, 0.15) is 10.4 Å². The Labute approximate surface area is 117 Å². The second-order valence-electron chi connectivity index (χ2n) is 4.11. The highest BCUT2D eigenvalue weighted by molar-refractivity contribution is 6.04. The standard InChI is InChI=1S/C13H9F2N3O3/c14-9-3-2-8(18(20)21)6-12(9)17-13(19)7-1-4-11(16)10(15)5-7/h1-6H,16H2,(H,17,19). The van der Waals surface area contributed by atoms with E-state index >= 15 is 0 Å². The third-order valence-electron chi connectivity index (χ3n) is 2.67. The molecular weight excluding hydrogens is 284 g/mol. The predicted molar refractivity (Wildman–Crippen MR) is 71.8 cm³/mol. The molecule has 2 aromatic rings. The van der Waals surface area contributed by atoms with Gasteiger partial charge in [-0.1, -0.05) is 0 Å². The van der Waals surface area contributed by atoms with Crippen LogP contribution < -0.4 is 11.1 Å². The Morgan fingerprint density at radius 3 is 2.48 bits per heavy atom. The summed E-state index contributed by atoms with van der Waals surface area (Å²) in [5.74, 6) is -2.44.